The van der Waals surface area contributed by atoms with E-state index >= 15 is 0 Å². The molecule has 0 bridgehead atoms. The molecule has 0 aromatic heterocycles. The summed E-state index contributed by atoms with van der Waals surface area (Å²) in [5.74, 6) is 0.570. The van der Waals surface area contributed by atoms with E-state index in [1.165, 1.54) is 5.56 Å². The molecule has 2 N–H and O–H groups in total. The van der Waals surface area contributed by atoms with Gasteiger partial charge >= 0.3 is 0 Å². The molecule has 150 valence electrons. The minimum absolute atomic E-state index is 0.0317. The molecular formula is C22H28N2O4. The average molecular weight is 384 g/mol. The standard InChI is InChI=1S/C22H28N2O4/c1-22(2,3)16-8-5-15(6-9-16)7-12-20(25)23-17-10-11-19-18(13-17)24(4)14-21(27-19)28-26/h5-6,8-11,13,21,26H,7,12,14H2,1-4H3,(H,23,25). The summed E-state index contributed by atoms with van der Waals surface area (Å²) in [5, 5.41) is 11.7. The maximum atomic E-state index is 12.4. The van der Waals surface area contributed by atoms with E-state index in [2.05, 4.69) is 55.2 Å². The van der Waals surface area contributed by atoms with Crippen molar-refractivity contribution in [2.45, 2.75) is 45.3 Å². The van der Waals surface area contributed by atoms with Gasteiger partial charge in [0.1, 0.15) is 5.75 Å². The summed E-state index contributed by atoms with van der Waals surface area (Å²) in [6.07, 6.45) is 0.390. The topological polar surface area (TPSA) is 71.0 Å². The van der Waals surface area contributed by atoms with Crippen LogP contribution >= 0.6 is 0 Å². The number of nitrogens with one attached hydrogen (secondary N) is 1. The normalized spacial score (nSPS) is 16.3. The Hall–Kier alpha value is -2.57. The Labute approximate surface area is 166 Å². The smallest absolute Gasteiger partial charge is 0.248 e. The van der Waals surface area contributed by atoms with E-state index in [1.807, 2.05) is 18.0 Å². The summed E-state index contributed by atoms with van der Waals surface area (Å²) in [6, 6.07) is 13.9. The predicted molar refractivity (Wildman–Crippen MR) is 110 cm³/mol. The first kappa shape index (κ1) is 20.2. The number of rotatable bonds is 5. The lowest BCUT2D eigenvalue weighted by molar-refractivity contribution is -0.322. The minimum Gasteiger partial charge on any atom is -0.458 e. The van der Waals surface area contributed by atoms with Gasteiger partial charge in [0.15, 0.2) is 0 Å². The molecule has 2 aromatic carbocycles. The van der Waals surface area contributed by atoms with Crippen LogP contribution in [0.1, 0.15) is 38.3 Å². The predicted octanol–water partition coefficient (Wildman–Crippen LogP) is 4.20. The summed E-state index contributed by atoms with van der Waals surface area (Å²) in [6.45, 7) is 6.96. The Balaban J connectivity index is 1.57. The number of hydrogen-bond acceptors (Lipinski definition) is 5. The third-order valence-electron chi connectivity index (χ3n) is 4.91. The molecule has 1 atom stereocenters. The molecule has 0 saturated carbocycles. The molecule has 0 saturated heterocycles. The van der Waals surface area contributed by atoms with Crippen molar-refractivity contribution in [2.75, 3.05) is 23.8 Å². The lowest BCUT2D eigenvalue weighted by Gasteiger charge is -2.32. The molecule has 2 aromatic rings. The van der Waals surface area contributed by atoms with Crippen molar-refractivity contribution in [3.63, 3.8) is 0 Å². The van der Waals surface area contributed by atoms with E-state index in [-0.39, 0.29) is 11.3 Å². The first-order valence-electron chi connectivity index (χ1n) is 9.47. The number of carbonyl (C=O) groups excluding carboxylic acids is 1. The van der Waals surface area contributed by atoms with Crippen LogP contribution in [0.5, 0.6) is 5.75 Å². The number of aryl methyl sites for hydroxylation is 1. The number of nitrogens with zero attached hydrogens (tertiary/aromatic N) is 1. The zero-order valence-corrected chi connectivity index (χ0v) is 16.9. The second-order valence-corrected chi connectivity index (χ2v) is 8.21. The maximum absolute atomic E-state index is 12.4. The van der Waals surface area contributed by atoms with Gasteiger partial charge in [-0.3, -0.25) is 4.79 Å². The number of hydrogen-bond donors (Lipinski definition) is 2. The number of anilines is 2. The zero-order valence-electron chi connectivity index (χ0n) is 16.9. The van der Waals surface area contributed by atoms with Crippen molar-refractivity contribution in [3.8, 4) is 5.75 Å². The fourth-order valence-electron chi connectivity index (χ4n) is 3.20. The average Bonchev–Trinajstić information content (AvgIpc) is 2.66. The minimum atomic E-state index is -0.720. The number of likely N-dealkylation sites (N-methyl/N-ethyl adjacent to an activating group) is 1. The van der Waals surface area contributed by atoms with E-state index in [4.69, 9.17) is 9.99 Å². The van der Waals surface area contributed by atoms with E-state index in [9.17, 15) is 4.79 Å². The van der Waals surface area contributed by atoms with Crippen molar-refractivity contribution >= 4 is 17.3 Å². The summed E-state index contributed by atoms with van der Waals surface area (Å²) in [5.41, 5.74) is 4.11. The quantitative estimate of drug-likeness (QED) is 0.597. The molecular weight excluding hydrogens is 356 g/mol. The van der Waals surface area contributed by atoms with Gasteiger partial charge in [-0.1, -0.05) is 45.0 Å². The lowest BCUT2D eigenvalue weighted by Crippen LogP contribution is -2.38. The van der Waals surface area contributed by atoms with Gasteiger partial charge in [-0.25, -0.2) is 5.26 Å². The Morgan fingerprint density at radius 2 is 1.96 bits per heavy atom. The van der Waals surface area contributed by atoms with Gasteiger partial charge in [0, 0.05) is 19.2 Å². The maximum Gasteiger partial charge on any atom is 0.248 e. The molecule has 1 aliphatic rings. The molecule has 3 rings (SSSR count). The molecule has 6 nitrogen and oxygen atoms in total. The monoisotopic (exact) mass is 384 g/mol. The number of ether oxygens (including phenoxy) is 1. The first-order chi connectivity index (χ1) is 13.3. The van der Waals surface area contributed by atoms with Crippen molar-refractivity contribution in [1.29, 1.82) is 0 Å². The number of amides is 1. The fraction of sp³-hybridized carbons (Fsp3) is 0.409. The molecule has 0 radical (unpaired) electrons. The first-order valence-corrected chi connectivity index (χ1v) is 9.47. The van der Waals surface area contributed by atoms with Crippen LogP contribution < -0.4 is 15.0 Å². The molecule has 1 aliphatic heterocycles. The fourth-order valence-corrected chi connectivity index (χ4v) is 3.20. The Bertz CT molecular complexity index is 827. The van der Waals surface area contributed by atoms with Gasteiger partial charge in [-0.05, 0) is 41.2 Å². The Morgan fingerprint density at radius 3 is 2.61 bits per heavy atom. The molecule has 0 spiro atoms. The van der Waals surface area contributed by atoms with Crippen LogP contribution in [0.4, 0.5) is 11.4 Å². The molecule has 1 heterocycles. The van der Waals surface area contributed by atoms with Crippen molar-refractivity contribution in [2.24, 2.45) is 0 Å². The molecule has 0 aliphatic carbocycles. The molecule has 1 amide bonds. The van der Waals surface area contributed by atoms with Gasteiger partial charge in [-0.15, -0.1) is 0 Å². The summed E-state index contributed by atoms with van der Waals surface area (Å²) in [4.78, 5) is 18.5. The van der Waals surface area contributed by atoms with Crippen molar-refractivity contribution < 1.29 is 19.7 Å². The third-order valence-corrected chi connectivity index (χ3v) is 4.91. The van der Waals surface area contributed by atoms with E-state index in [1.54, 1.807) is 12.1 Å². The van der Waals surface area contributed by atoms with Crippen LogP contribution in [0, 0.1) is 0 Å². The highest BCUT2D eigenvalue weighted by molar-refractivity contribution is 5.91. The van der Waals surface area contributed by atoms with Gasteiger partial charge < -0.3 is 15.0 Å². The van der Waals surface area contributed by atoms with Crippen LogP contribution in [0.2, 0.25) is 0 Å². The van der Waals surface area contributed by atoms with Crippen LogP contribution in [-0.4, -0.2) is 31.0 Å². The van der Waals surface area contributed by atoms with E-state index in [0.29, 0.717) is 30.8 Å². The Morgan fingerprint density at radius 1 is 1.25 bits per heavy atom. The largest absolute Gasteiger partial charge is 0.458 e. The second kappa shape index (κ2) is 8.20. The van der Waals surface area contributed by atoms with Gasteiger partial charge in [-0.2, -0.15) is 4.89 Å². The third kappa shape index (κ3) is 4.82. The zero-order chi connectivity index (χ0) is 20.3. The second-order valence-electron chi connectivity index (χ2n) is 8.21. The van der Waals surface area contributed by atoms with Gasteiger partial charge in [0.05, 0.1) is 12.2 Å². The molecule has 1 unspecified atom stereocenters. The van der Waals surface area contributed by atoms with Crippen LogP contribution in [0.3, 0.4) is 0 Å². The van der Waals surface area contributed by atoms with E-state index in [0.717, 1.165) is 11.3 Å². The molecule has 0 fully saturated rings. The number of fused-ring (bicyclic) bond motifs is 1. The highest BCUT2D eigenvalue weighted by Crippen LogP contribution is 2.35. The summed E-state index contributed by atoms with van der Waals surface area (Å²) in [7, 11) is 1.88. The van der Waals surface area contributed by atoms with Crippen LogP contribution in [0.25, 0.3) is 0 Å². The summed E-state index contributed by atoms with van der Waals surface area (Å²) < 4.78 is 5.52. The highest BCUT2D eigenvalue weighted by atomic mass is 17.1. The van der Waals surface area contributed by atoms with E-state index < -0.39 is 6.29 Å². The molecule has 6 heteroatoms. The highest BCUT2D eigenvalue weighted by Gasteiger charge is 2.24. The van der Waals surface area contributed by atoms with Gasteiger partial charge in [0.25, 0.3) is 0 Å². The Kier molecular flexibility index (Phi) is 5.91. The van der Waals surface area contributed by atoms with Crippen molar-refractivity contribution in [3.05, 3.63) is 53.6 Å². The van der Waals surface area contributed by atoms with Crippen molar-refractivity contribution in [1.82, 2.24) is 0 Å². The van der Waals surface area contributed by atoms with Crippen LogP contribution in [0.15, 0.2) is 42.5 Å². The molecule has 28 heavy (non-hydrogen) atoms. The van der Waals surface area contributed by atoms with Gasteiger partial charge in [0.2, 0.25) is 12.2 Å². The SMILES string of the molecule is CN1CC(OO)Oc2ccc(NC(=O)CCc3ccc(C(C)(C)C)cc3)cc21. The van der Waals surface area contributed by atoms with Crippen LogP contribution in [-0.2, 0) is 21.5 Å². The number of benzene rings is 2. The lowest BCUT2D eigenvalue weighted by atomic mass is 9.86. The number of carbonyl (C=O) groups is 1. The summed E-state index contributed by atoms with van der Waals surface area (Å²) >= 11 is 0.